The molecule has 2 rings (SSSR count). The number of nitrogens with zero attached hydrogens (tertiary/aromatic N) is 1. The first-order valence-corrected chi connectivity index (χ1v) is 6.05. The van der Waals surface area contributed by atoms with Gasteiger partial charge in [-0.1, -0.05) is 12.8 Å². The second kappa shape index (κ2) is 4.68. The van der Waals surface area contributed by atoms with Crippen LogP contribution in [0.5, 0.6) is 0 Å². The molecule has 88 valence electrons. The van der Waals surface area contributed by atoms with E-state index in [1.807, 2.05) is 0 Å². The van der Waals surface area contributed by atoms with E-state index >= 15 is 0 Å². The zero-order valence-electron chi connectivity index (χ0n) is 9.84. The van der Waals surface area contributed by atoms with Crippen molar-refractivity contribution in [3.63, 3.8) is 0 Å². The number of nitrogens with one attached hydrogen (secondary N) is 2. The molecule has 0 unspecified atom stereocenters. The van der Waals surface area contributed by atoms with E-state index in [0.717, 1.165) is 12.1 Å². The smallest absolute Gasteiger partial charge is 0.0908 e. The first-order chi connectivity index (χ1) is 7.68. The number of amidine groups is 1. The zero-order valence-corrected chi connectivity index (χ0v) is 9.84. The molecule has 1 heterocycles. The lowest BCUT2D eigenvalue weighted by Gasteiger charge is -2.09. The van der Waals surface area contributed by atoms with Crippen LogP contribution in [0.25, 0.3) is 0 Å². The minimum absolute atomic E-state index is 0.262. The van der Waals surface area contributed by atoms with Gasteiger partial charge in [-0.3, -0.25) is 10.5 Å². The summed E-state index contributed by atoms with van der Waals surface area (Å²) in [5.74, 6) is 0.893. The number of aryl methyl sites for hydroxylation is 1. The Morgan fingerprint density at radius 1 is 1.50 bits per heavy atom. The van der Waals surface area contributed by atoms with Gasteiger partial charge >= 0.3 is 0 Å². The molecule has 1 aliphatic carbocycles. The first kappa shape index (κ1) is 11.2. The fraction of sp³-hybridized carbons (Fsp3) is 0.667. The predicted molar refractivity (Wildman–Crippen MR) is 64.8 cm³/mol. The maximum atomic E-state index is 7.29. The largest absolute Gasteiger partial charge is 0.388 e. The van der Waals surface area contributed by atoms with E-state index in [2.05, 4.69) is 17.1 Å². The molecular formula is C12H20N4. The highest BCUT2D eigenvalue weighted by molar-refractivity contribution is 5.77. The molecule has 0 radical (unpaired) electrons. The molecule has 1 aromatic rings. The normalized spacial score (nSPS) is 16.8. The highest BCUT2D eigenvalue weighted by Crippen LogP contribution is 2.35. The lowest BCUT2D eigenvalue weighted by Crippen LogP contribution is -2.11. The number of nitrogens with two attached hydrogens (primary N) is 1. The summed E-state index contributed by atoms with van der Waals surface area (Å²) in [7, 11) is 0. The van der Waals surface area contributed by atoms with Gasteiger partial charge in [-0.25, -0.2) is 0 Å². The Morgan fingerprint density at radius 2 is 2.19 bits per heavy atom. The van der Waals surface area contributed by atoms with Crippen LogP contribution < -0.4 is 5.73 Å². The summed E-state index contributed by atoms with van der Waals surface area (Å²) >= 11 is 0. The van der Waals surface area contributed by atoms with Crippen LogP contribution in [0.15, 0.2) is 0 Å². The summed E-state index contributed by atoms with van der Waals surface area (Å²) < 4.78 is 0. The van der Waals surface area contributed by atoms with Crippen LogP contribution in [0.3, 0.4) is 0 Å². The molecule has 1 aliphatic rings. The molecule has 1 aromatic heterocycles. The van der Waals surface area contributed by atoms with E-state index in [1.165, 1.54) is 36.9 Å². The van der Waals surface area contributed by atoms with E-state index < -0.39 is 0 Å². The van der Waals surface area contributed by atoms with Gasteiger partial charge in [0.1, 0.15) is 0 Å². The molecule has 4 N–H and O–H groups in total. The molecule has 0 bridgehead atoms. The highest BCUT2D eigenvalue weighted by Gasteiger charge is 2.23. The quantitative estimate of drug-likeness (QED) is 0.537. The second-order valence-corrected chi connectivity index (χ2v) is 4.72. The standard InChI is InChI=1S/C12H20N4/c1-8-10(6-7-11(13)14)12(16-15-8)9-4-2-3-5-9/h9H,2-7H2,1H3,(H3,13,14)(H,15,16). The molecule has 0 atom stereocenters. The fourth-order valence-electron chi connectivity index (χ4n) is 2.58. The monoisotopic (exact) mass is 220 g/mol. The molecule has 4 heteroatoms. The molecule has 0 amide bonds. The molecule has 0 saturated heterocycles. The van der Waals surface area contributed by atoms with Crippen molar-refractivity contribution in [2.24, 2.45) is 5.73 Å². The van der Waals surface area contributed by atoms with E-state index in [0.29, 0.717) is 12.3 Å². The van der Waals surface area contributed by atoms with Gasteiger partial charge in [-0.15, -0.1) is 0 Å². The molecular weight excluding hydrogens is 200 g/mol. The summed E-state index contributed by atoms with van der Waals surface area (Å²) in [6, 6.07) is 0. The number of aromatic amines is 1. The van der Waals surface area contributed by atoms with Gasteiger partial charge in [0, 0.05) is 18.0 Å². The maximum Gasteiger partial charge on any atom is 0.0908 e. The molecule has 0 spiro atoms. The lowest BCUT2D eigenvalue weighted by atomic mass is 9.96. The topological polar surface area (TPSA) is 78.5 Å². The van der Waals surface area contributed by atoms with Gasteiger partial charge in [0.15, 0.2) is 0 Å². The van der Waals surface area contributed by atoms with E-state index in [1.54, 1.807) is 0 Å². The van der Waals surface area contributed by atoms with Crippen molar-refractivity contribution in [1.29, 1.82) is 5.41 Å². The van der Waals surface area contributed by atoms with Gasteiger partial charge in [0.25, 0.3) is 0 Å². The van der Waals surface area contributed by atoms with Crippen LogP contribution in [-0.2, 0) is 6.42 Å². The van der Waals surface area contributed by atoms with Gasteiger partial charge in [-0.2, -0.15) is 5.10 Å². The summed E-state index contributed by atoms with van der Waals surface area (Å²) in [6.45, 7) is 2.06. The Hall–Kier alpha value is -1.32. The van der Waals surface area contributed by atoms with Gasteiger partial charge < -0.3 is 5.73 Å². The summed E-state index contributed by atoms with van der Waals surface area (Å²) in [6.07, 6.45) is 6.66. The van der Waals surface area contributed by atoms with E-state index in [-0.39, 0.29) is 5.84 Å². The molecule has 0 aromatic carbocycles. The third kappa shape index (κ3) is 2.26. The minimum Gasteiger partial charge on any atom is -0.388 e. The van der Waals surface area contributed by atoms with Crippen LogP contribution in [0, 0.1) is 12.3 Å². The van der Waals surface area contributed by atoms with E-state index in [9.17, 15) is 0 Å². The van der Waals surface area contributed by atoms with Gasteiger partial charge in [0.2, 0.25) is 0 Å². The van der Waals surface area contributed by atoms with Crippen molar-refractivity contribution in [1.82, 2.24) is 10.2 Å². The van der Waals surface area contributed by atoms with Gasteiger partial charge in [-0.05, 0) is 31.7 Å². The van der Waals surface area contributed by atoms with Gasteiger partial charge in [0.05, 0.1) is 11.5 Å². The number of rotatable bonds is 4. The Bertz CT molecular complexity index is 374. The first-order valence-electron chi connectivity index (χ1n) is 6.05. The zero-order chi connectivity index (χ0) is 11.5. The number of aromatic nitrogens is 2. The van der Waals surface area contributed by atoms with Crippen molar-refractivity contribution >= 4 is 5.84 Å². The summed E-state index contributed by atoms with van der Waals surface area (Å²) in [5, 5.41) is 14.8. The van der Waals surface area contributed by atoms with Crippen molar-refractivity contribution < 1.29 is 0 Å². The number of hydrogen-bond donors (Lipinski definition) is 3. The number of hydrogen-bond acceptors (Lipinski definition) is 2. The average molecular weight is 220 g/mol. The maximum absolute atomic E-state index is 7.29. The Morgan fingerprint density at radius 3 is 2.81 bits per heavy atom. The van der Waals surface area contributed by atoms with Crippen LogP contribution in [0.4, 0.5) is 0 Å². The molecule has 1 saturated carbocycles. The van der Waals surface area contributed by atoms with Crippen LogP contribution in [0.1, 0.15) is 55.0 Å². The Kier molecular flexibility index (Phi) is 3.27. The predicted octanol–water partition coefficient (Wildman–Crippen LogP) is 2.24. The van der Waals surface area contributed by atoms with Crippen molar-refractivity contribution in [3.8, 4) is 0 Å². The Balaban J connectivity index is 2.14. The van der Waals surface area contributed by atoms with Crippen LogP contribution in [0.2, 0.25) is 0 Å². The van der Waals surface area contributed by atoms with Crippen LogP contribution >= 0.6 is 0 Å². The third-order valence-corrected chi connectivity index (χ3v) is 3.49. The SMILES string of the molecule is Cc1[nH]nc(C2CCCC2)c1CCC(=N)N. The molecule has 4 nitrogen and oxygen atoms in total. The third-order valence-electron chi connectivity index (χ3n) is 3.49. The van der Waals surface area contributed by atoms with Crippen LogP contribution in [-0.4, -0.2) is 16.0 Å². The Labute approximate surface area is 96.1 Å². The van der Waals surface area contributed by atoms with E-state index in [4.69, 9.17) is 11.1 Å². The molecule has 1 fully saturated rings. The van der Waals surface area contributed by atoms with Crippen molar-refractivity contribution in [3.05, 3.63) is 17.0 Å². The molecule has 0 aliphatic heterocycles. The summed E-state index contributed by atoms with van der Waals surface area (Å²) in [4.78, 5) is 0. The molecule has 16 heavy (non-hydrogen) atoms. The fourth-order valence-corrected chi connectivity index (χ4v) is 2.58. The highest BCUT2D eigenvalue weighted by atomic mass is 15.1. The second-order valence-electron chi connectivity index (χ2n) is 4.72. The minimum atomic E-state index is 0.262. The van der Waals surface area contributed by atoms with Crippen molar-refractivity contribution in [2.45, 2.75) is 51.4 Å². The summed E-state index contributed by atoms with van der Waals surface area (Å²) in [5.41, 5.74) is 9.08. The number of H-pyrrole nitrogens is 1. The van der Waals surface area contributed by atoms with Crippen molar-refractivity contribution in [2.75, 3.05) is 0 Å². The average Bonchev–Trinajstić information content (AvgIpc) is 2.83. The lowest BCUT2D eigenvalue weighted by molar-refractivity contribution is 0.683.